The zero-order chi connectivity index (χ0) is 12.6. The molecule has 0 aromatic carbocycles. The van der Waals surface area contributed by atoms with Crippen LogP contribution < -0.4 is 0 Å². The van der Waals surface area contributed by atoms with Crippen LogP contribution in [0.1, 0.15) is 70.6 Å². The summed E-state index contributed by atoms with van der Waals surface area (Å²) in [6, 6.07) is 0. The van der Waals surface area contributed by atoms with Crippen LogP contribution in [0.4, 0.5) is 0 Å². The molecule has 98 valence electrons. The highest BCUT2D eigenvalue weighted by Crippen LogP contribution is 2.28. The van der Waals surface area contributed by atoms with Gasteiger partial charge in [0.2, 0.25) is 0 Å². The summed E-state index contributed by atoms with van der Waals surface area (Å²) >= 11 is 0. The first-order valence-corrected chi connectivity index (χ1v) is 7.51. The summed E-state index contributed by atoms with van der Waals surface area (Å²) in [7, 11) is 0. The summed E-state index contributed by atoms with van der Waals surface area (Å²) in [5, 5.41) is 0. The maximum absolute atomic E-state index is 9.05. The van der Waals surface area contributed by atoms with Gasteiger partial charge in [0.15, 0.2) is 0 Å². The standard InChI is InChI=1S/C16H24N2/c17-18-16-12-8-4-7-11-15(13-16)14-9-5-2-1-3-6-10-14/h9,13H,1-8,10-12H2/b14-9+,15-13+. The van der Waals surface area contributed by atoms with E-state index in [0.717, 1.165) is 25.0 Å². The van der Waals surface area contributed by atoms with Crippen LogP contribution in [0.5, 0.6) is 0 Å². The van der Waals surface area contributed by atoms with Gasteiger partial charge in [0.1, 0.15) is 0 Å². The van der Waals surface area contributed by atoms with Crippen LogP contribution in [0, 0.1) is 0 Å². The van der Waals surface area contributed by atoms with Crippen LogP contribution in [0.3, 0.4) is 0 Å². The largest absolute Gasteiger partial charge is 0.361 e. The lowest BCUT2D eigenvalue weighted by atomic mass is 9.89. The summed E-state index contributed by atoms with van der Waals surface area (Å²) in [6.45, 7) is 0. The van der Waals surface area contributed by atoms with Crippen LogP contribution in [-0.2, 0) is 0 Å². The third-order valence-corrected chi connectivity index (χ3v) is 4.05. The van der Waals surface area contributed by atoms with Crippen molar-refractivity contribution in [3.63, 3.8) is 0 Å². The second-order valence-corrected chi connectivity index (χ2v) is 5.50. The summed E-state index contributed by atoms with van der Waals surface area (Å²) < 4.78 is 0. The third kappa shape index (κ3) is 3.96. The van der Waals surface area contributed by atoms with E-state index in [2.05, 4.69) is 16.9 Å². The van der Waals surface area contributed by atoms with Crippen molar-refractivity contribution in [1.82, 2.24) is 0 Å². The fourth-order valence-corrected chi connectivity index (χ4v) is 2.96. The third-order valence-electron chi connectivity index (χ3n) is 4.05. The minimum atomic E-state index is 0.868. The molecular formula is C16H24N2. The van der Waals surface area contributed by atoms with E-state index >= 15 is 0 Å². The minimum absolute atomic E-state index is 0.868. The molecule has 0 unspecified atom stereocenters. The van der Waals surface area contributed by atoms with Gasteiger partial charge in [0.05, 0.1) is 0 Å². The van der Waals surface area contributed by atoms with Crippen LogP contribution in [-0.4, -0.2) is 10.5 Å². The fraction of sp³-hybridized carbons (Fsp3) is 0.688. The molecule has 0 bridgehead atoms. The highest BCUT2D eigenvalue weighted by molar-refractivity contribution is 5.91. The number of hydrogen-bond acceptors (Lipinski definition) is 0. The van der Waals surface area contributed by atoms with E-state index in [9.17, 15) is 0 Å². The van der Waals surface area contributed by atoms with Gasteiger partial charge in [-0.05, 0) is 56.1 Å². The molecule has 0 heterocycles. The first-order valence-electron chi connectivity index (χ1n) is 7.51. The topological polar surface area (TPSA) is 36.4 Å². The van der Waals surface area contributed by atoms with E-state index < -0.39 is 0 Å². The lowest BCUT2D eigenvalue weighted by Crippen LogP contribution is -2.04. The zero-order valence-electron chi connectivity index (χ0n) is 11.3. The SMILES string of the molecule is [N-]=[N+]=C1/C=C(/C2=C/CCCCCC2)CCCCC1. The van der Waals surface area contributed by atoms with Crippen molar-refractivity contribution >= 4 is 5.71 Å². The van der Waals surface area contributed by atoms with E-state index in [4.69, 9.17) is 5.53 Å². The van der Waals surface area contributed by atoms with Crippen molar-refractivity contribution in [1.29, 1.82) is 0 Å². The molecule has 0 saturated heterocycles. The quantitative estimate of drug-likeness (QED) is 0.468. The highest BCUT2D eigenvalue weighted by atomic mass is 14.8. The van der Waals surface area contributed by atoms with E-state index in [1.807, 2.05) is 0 Å². The first kappa shape index (κ1) is 13.3. The lowest BCUT2D eigenvalue weighted by Gasteiger charge is -2.16. The molecule has 0 aromatic heterocycles. The fourth-order valence-electron chi connectivity index (χ4n) is 2.96. The molecule has 0 atom stereocenters. The van der Waals surface area contributed by atoms with E-state index in [-0.39, 0.29) is 0 Å². The van der Waals surface area contributed by atoms with E-state index in [1.165, 1.54) is 62.5 Å². The average molecular weight is 244 g/mol. The average Bonchev–Trinajstić information content (AvgIpc) is 2.30. The van der Waals surface area contributed by atoms with Gasteiger partial charge in [-0.1, -0.05) is 25.3 Å². The van der Waals surface area contributed by atoms with Crippen molar-refractivity contribution in [3.8, 4) is 0 Å². The Bertz CT molecular complexity index is 384. The molecule has 0 radical (unpaired) electrons. The van der Waals surface area contributed by atoms with Gasteiger partial charge in [-0.3, -0.25) is 0 Å². The van der Waals surface area contributed by atoms with Crippen molar-refractivity contribution in [2.24, 2.45) is 0 Å². The summed E-state index contributed by atoms with van der Waals surface area (Å²) in [5.74, 6) is 0. The van der Waals surface area contributed by atoms with Crippen molar-refractivity contribution in [3.05, 3.63) is 28.8 Å². The Morgan fingerprint density at radius 3 is 2.28 bits per heavy atom. The van der Waals surface area contributed by atoms with Crippen molar-refractivity contribution < 1.29 is 4.79 Å². The zero-order valence-corrected chi connectivity index (χ0v) is 11.3. The van der Waals surface area contributed by atoms with Crippen molar-refractivity contribution in [2.45, 2.75) is 70.6 Å². The highest BCUT2D eigenvalue weighted by Gasteiger charge is 2.14. The van der Waals surface area contributed by atoms with E-state index in [0.29, 0.717) is 0 Å². The molecular weight excluding hydrogens is 220 g/mol. The molecule has 0 aliphatic heterocycles. The van der Waals surface area contributed by atoms with Gasteiger partial charge >= 0.3 is 0 Å². The molecule has 0 aromatic rings. The number of nitrogens with zero attached hydrogens (tertiary/aromatic N) is 2. The molecule has 0 N–H and O–H groups in total. The molecule has 2 heteroatoms. The van der Waals surface area contributed by atoms with Crippen LogP contribution in [0.25, 0.3) is 5.53 Å². The molecule has 0 amide bonds. The van der Waals surface area contributed by atoms with Crippen LogP contribution in [0.2, 0.25) is 0 Å². The minimum Gasteiger partial charge on any atom is -0.361 e. The Kier molecular flexibility index (Phi) is 5.41. The van der Waals surface area contributed by atoms with Gasteiger partial charge in [-0.2, -0.15) is 4.79 Å². The van der Waals surface area contributed by atoms with Crippen LogP contribution in [0.15, 0.2) is 23.3 Å². The molecule has 2 nitrogen and oxygen atoms in total. The number of allylic oxidation sites excluding steroid dienone is 4. The lowest BCUT2D eigenvalue weighted by molar-refractivity contribution is -0.00659. The predicted octanol–water partition coefficient (Wildman–Crippen LogP) is 4.83. The van der Waals surface area contributed by atoms with Gasteiger partial charge in [0, 0.05) is 12.5 Å². The summed E-state index contributed by atoms with van der Waals surface area (Å²) in [4.78, 5) is 3.45. The monoisotopic (exact) mass is 244 g/mol. The predicted molar refractivity (Wildman–Crippen MR) is 75.6 cm³/mol. The normalized spacial score (nSPS) is 28.6. The maximum atomic E-state index is 9.05. The second-order valence-electron chi connectivity index (χ2n) is 5.50. The van der Waals surface area contributed by atoms with Gasteiger partial charge < -0.3 is 5.53 Å². The molecule has 2 aliphatic rings. The Morgan fingerprint density at radius 1 is 0.778 bits per heavy atom. The van der Waals surface area contributed by atoms with Crippen molar-refractivity contribution in [2.75, 3.05) is 0 Å². The Hall–Kier alpha value is -1.14. The van der Waals surface area contributed by atoms with Gasteiger partial charge in [-0.15, -0.1) is 0 Å². The Morgan fingerprint density at radius 2 is 1.44 bits per heavy atom. The summed E-state index contributed by atoms with van der Waals surface area (Å²) in [5.41, 5.74) is 12.9. The molecule has 18 heavy (non-hydrogen) atoms. The number of rotatable bonds is 1. The van der Waals surface area contributed by atoms with E-state index in [1.54, 1.807) is 0 Å². The first-order chi connectivity index (χ1) is 8.90. The second kappa shape index (κ2) is 7.33. The maximum Gasteiger partial charge on any atom is 0.292 e. The van der Waals surface area contributed by atoms with Crippen LogP contribution >= 0.6 is 0 Å². The molecule has 0 saturated carbocycles. The Balaban J connectivity index is 2.18. The molecule has 2 rings (SSSR count). The van der Waals surface area contributed by atoms with Gasteiger partial charge in [0.25, 0.3) is 5.71 Å². The Labute approximate surface area is 110 Å². The smallest absolute Gasteiger partial charge is 0.292 e. The number of hydrogen-bond donors (Lipinski definition) is 0. The summed E-state index contributed by atoms with van der Waals surface area (Å²) in [6.07, 6.45) is 18.2. The molecule has 2 aliphatic carbocycles. The molecule has 0 spiro atoms. The molecule has 0 fully saturated rings. The van der Waals surface area contributed by atoms with Gasteiger partial charge in [-0.25, -0.2) is 0 Å².